The fraction of sp³-hybridized carbons (Fsp3) is 0.286. The second-order valence-corrected chi connectivity index (χ2v) is 5.79. The fourth-order valence-electron chi connectivity index (χ4n) is 2.22. The van der Waals surface area contributed by atoms with E-state index in [4.69, 9.17) is 16.3 Å². The molecule has 1 saturated heterocycles. The summed E-state index contributed by atoms with van der Waals surface area (Å²) in [5, 5.41) is 4.28. The molecule has 4 nitrogen and oxygen atoms in total. The number of pyridine rings is 1. The van der Waals surface area contributed by atoms with Gasteiger partial charge in [-0.15, -0.1) is 0 Å². The number of rotatable bonds is 3. The number of aromatic nitrogens is 1. The largest absolute Gasteiger partial charge is 0.487 e. The summed E-state index contributed by atoms with van der Waals surface area (Å²) >= 11 is 7.55. The Hall–Kier alpha value is -1.59. The average Bonchev–Trinajstić information content (AvgIpc) is 3.12. The molecule has 104 valence electrons. The van der Waals surface area contributed by atoms with Gasteiger partial charge in [0.2, 0.25) is 0 Å². The number of carbonyl (C=O) groups excluding carboxylic acids is 1. The van der Waals surface area contributed by atoms with Crippen molar-refractivity contribution in [3.63, 3.8) is 0 Å². The fourth-order valence-corrected chi connectivity index (χ4v) is 3.01. The molecule has 6 heteroatoms. The van der Waals surface area contributed by atoms with Crippen molar-refractivity contribution in [3.05, 3.63) is 45.9 Å². The van der Waals surface area contributed by atoms with E-state index in [1.807, 2.05) is 21.7 Å². The number of amides is 1. The Labute approximate surface area is 126 Å². The summed E-state index contributed by atoms with van der Waals surface area (Å²) < 4.78 is 5.84. The van der Waals surface area contributed by atoms with Gasteiger partial charge in [0.25, 0.3) is 5.91 Å². The van der Waals surface area contributed by atoms with Gasteiger partial charge in [-0.2, -0.15) is 11.3 Å². The molecule has 1 amide bonds. The predicted octanol–water partition coefficient (Wildman–Crippen LogP) is 3.09. The van der Waals surface area contributed by atoms with Crippen LogP contribution in [0.25, 0.3) is 0 Å². The SMILES string of the molecule is O=C(c1ccsc1)N1CC[C@@H](Oc2ccncc2Cl)C1. The van der Waals surface area contributed by atoms with Crippen molar-refractivity contribution in [1.29, 1.82) is 0 Å². The van der Waals surface area contributed by atoms with Gasteiger partial charge in [-0.1, -0.05) is 11.6 Å². The van der Waals surface area contributed by atoms with Gasteiger partial charge in [0.15, 0.2) is 0 Å². The van der Waals surface area contributed by atoms with E-state index in [9.17, 15) is 4.79 Å². The van der Waals surface area contributed by atoms with Gasteiger partial charge < -0.3 is 9.64 Å². The first-order valence-corrected chi connectivity index (χ1v) is 7.64. The van der Waals surface area contributed by atoms with Gasteiger partial charge in [-0.05, 0) is 11.4 Å². The number of carbonyl (C=O) groups is 1. The van der Waals surface area contributed by atoms with E-state index in [0.29, 0.717) is 23.9 Å². The Morgan fingerprint density at radius 2 is 2.40 bits per heavy atom. The van der Waals surface area contributed by atoms with E-state index in [1.165, 1.54) is 11.3 Å². The van der Waals surface area contributed by atoms with Gasteiger partial charge in [-0.25, -0.2) is 0 Å². The quantitative estimate of drug-likeness (QED) is 0.875. The molecule has 2 aromatic rings. The number of nitrogens with zero attached hydrogens (tertiary/aromatic N) is 2. The van der Waals surface area contributed by atoms with Crippen molar-refractivity contribution >= 4 is 28.8 Å². The first kappa shape index (κ1) is 13.4. The molecule has 3 rings (SSSR count). The van der Waals surface area contributed by atoms with Crippen molar-refractivity contribution in [2.75, 3.05) is 13.1 Å². The second kappa shape index (κ2) is 5.81. The first-order chi connectivity index (χ1) is 9.74. The second-order valence-electron chi connectivity index (χ2n) is 4.60. The summed E-state index contributed by atoms with van der Waals surface area (Å²) in [7, 11) is 0. The van der Waals surface area contributed by atoms with Crippen molar-refractivity contribution in [2.45, 2.75) is 12.5 Å². The molecule has 1 aliphatic rings. The molecule has 20 heavy (non-hydrogen) atoms. The Bertz CT molecular complexity index is 603. The zero-order valence-electron chi connectivity index (χ0n) is 10.7. The lowest BCUT2D eigenvalue weighted by molar-refractivity contribution is 0.0773. The lowest BCUT2D eigenvalue weighted by Crippen LogP contribution is -2.30. The maximum absolute atomic E-state index is 12.2. The monoisotopic (exact) mass is 308 g/mol. The summed E-state index contributed by atoms with van der Waals surface area (Å²) in [5.74, 6) is 0.690. The van der Waals surface area contributed by atoms with Crippen LogP contribution < -0.4 is 4.74 Å². The minimum Gasteiger partial charge on any atom is -0.487 e. The van der Waals surface area contributed by atoms with Gasteiger partial charge in [0, 0.05) is 36.8 Å². The summed E-state index contributed by atoms with van der Waals surface area (Å²) in [6, 6.07) is 3.59. The Balaban J connectivity index is 1.63. The lowest BCUT2D eigenvalue weighted by atomic mass is 10.3. The normalized spacial score (nSPS) is 18.2. The molecule has 0 spiro atoms. The molecule has 0 aliphatic carbocycles. The van der Waals surface area contributed by atoms with E-state index in [2.05, 4.69) is 4.98 Å². The molecule has 1 fully saturated rings. The third-order valence-electron chi connectivity index (χ3n) is 3.23. The Morgan fingerprint density at radius 3 is 3.15 bits per heavy atom. The molecular formula is C14H13ClN2O2S. The number of likely N-dealkylation sites (tertiary alicyclic amines) is 1. The van der Waals surface area contributed by atoms with Crippen LogP contribution in [0.2, 0.25) is 5.02 Å². The molecule has 1 atom stereocenters. The van der Waals surface area contributed by atoms with Crippen LogP contribution in [-0.2, 0) is 0 Å². The van der Waals surface area contributed by atoms with Crippen molar-refractivity contribution in [2.24, 2.45) is 0 Å². The molecule has 0 N–H and O–H groups in total. The van der Waals surface area contributed by atoms with Gasteiger partial charge in [0.05, 0.1) is 12.1 Å². The van der Waals surface area contributed by atoms with Crippen molar-refractivity contribution in [3.8, 4) is 5.75 Å². The topological polar surface area (TPSA) is 42.4 Å². The third kappa shape index (κ3) is 2.78. The minimum absolute atomic E-state index is 0.0162. The van der Waals surface area contributed by atoms with Crippen LogP contribution in [0.4, 0.5) is 0 Å². The van der Waals surface area contributed by atoms with E-state index in [0.717, 1.165) is 12.0 Å². The molecule has 0 radical (unpaired) electrons. The number of halogens is 1. The summed E-state index contributed by atoms with van der Waals surface area (Å²) in [6.07, 6.45) is 4.00. The van der Waals surface area contributed by atoms with Crippen molar-refractivity contribution < 1.29 is 9.53 Å². The number of thiophene rings is 1. The van der Waals surface area contributed by atoms with Crippen LogP contribution in [0.5, 0.6) is 5.75 Å². The Morgan fingerprint density at radius 1 is 1.50 bits per heavy atom. The van der Waals surface area contributed by atoms with E-state index in [1.54, 1.807) is 18.5 Å². The molecule has 0 unspecified atom stereocenters. The summed E-state index contributed by atoms with van der Waals surface area (Å²) in [5.41, 5.74) is 0.748. The number of hydrogen-bond acceptors (Lipinski definition) is 4. The molecule has 1 aliphatic heterocycles. The van der Waals surface area contributed by atoms with Crippen LogP contribution in [0.3, 0.4) is 0 Å². The van der Waals surface area contributed by atoms with Crippen molar-refractivity contribution in [1.82, 2.24) is 9.88 Å². The van der Waals surface area contributed by atoms with Gasteiger partial charge >= 0.3 is 0 Å². The standard InChI is InChI=1S/C14H13ClN2O2S/c15-12-7-16-4-1-13(12)19-11-2-5-17(8-11)14(18)10-3-6-20-9-10/h1,3-4,6-7,9,11H,2,5,8H2/t11-/m1/s1. The smallest absolute Gasteiger partial charge is 0.254 e. The van der Waals surface area contributed by atoms with Crippen LogP contribution in [0, 0.1) is 0 Å². The maximum atomic E-state index is 12.2. The predicted molar refractivity (Wildman–Crippen MR) is 78.5 cm³/mol. The number of ether oxygens (including phenoxy) is 1. The van der Waals surface area contributed by atoms with Gasteiger partial charge in [0.1, 0.15) is 16.9 Å². The average molecular weight is 309 g/mol. The Kier molecular flexibility index (Phi) is 3.89. The number of hydrogen-bond donors (Lipinski definition) is 0. The highest BCUT2D eigenvalue weighted by molar-refractivity contribution is 7.08. The van der Waals surface area contributed by atoms with E-state index in [-0.39, 0.29) is 12.0 Å². The highest BCUT2D eigenvalue weighted by Crippen LogP contribution is 2.26. The summed E-state index contributed by atoms with van der Waals surface area (Å²) in [6.45, 7) is 1.30. The van der Waals surface area contributed by atoms with E-state index >= 15 is 0 Å². The minimum atomic E-state index is -0.0162. The first-order valence-electron chi connectivity index (χ1n) is 6.31. The van der Waals surface area contributed by atoms with E-state index < -0.39 is 0 Å². The molecule has 0 saturated carbocycles. The maximum Gasteiger partial charge on any atom is 0.254 e. The van der Waals surface area contributed by atoms with Crippen LogP contribution >= 0.6 is 22.9 Å². The molecule has 3 heterocycles. The third-order valence-corrected chi connectivity index (χ3v) is 4.20. The van der Waals surface area contributed by atoms with Gasteiger partial charge in [-0.3, -0.25) is 9.78 Å². The lowest BCUT2D eigenvalue weighted by Gasteiger charge is -2.17. The summed E-state index contributed by atoms with van der Waals surface area (Å²) in [4.78, 5) is 18.0. The highest BCUT2D eigenvalue weighted by Gasteiger charge is 2.28. The van der Waals surface area contributed by atoms with Crippen LogP contribution in [0.15, 0.2) is 35.3 Å². The molecule has 0 aromatic carbocycles. The van der Waals surface area contributed by atoms with Crippen LogP contribution in [0.1, 0.15) is 16.8 Å². The highest BCUT2D eigenvalue weighted by atomic mass is 35.5. The zero-order chi connectivity index (χ0) is 13.9. The molecule has 2 aromatic heterocycles. The molecular weight excluding hydrogens is 296 g/mol. The zero-order valence-corrected chi connectivity index (χ0v) is 12.2. The molecule has 0 bridgehead atoms. The van der Waals surface area contributed by atoms with Crippen LogP contribution in [-0.4, -0.2) is 35.0 Å².